The topological polar surface area (TPSA) is 57.7 Å². The number of carbonyl (C=O) groups excluding carboxylic acids is 1. The molecule has 0 unspecified atom stereocenters. The van der Waals surface area contributed by atoms with Crippen LogP contribution in [0, 0.1) is 5.92 Å². The predicted octanol–water partition coefficient (Wildman–Crippen LogP) is 0.754. The van der Waals surface area contributed by atoms with Gasteiger partial charge in [-0.25, -0.2) is 8.42 Å². The first kappa shape index (κ1) is 15.8. The minimum atomic E-state index is -2.91. The molecule has 1 aliphatic heterocycles. The number of rotatable bonds is 6. The fraction of sp³-hybridized carbons (Fsp3) is 0.929. The molecule has 1 heterocycles. The number of nitrogens with zero attached hydrogens (tertiary/aromatic N) is 2. The summed E-state index contributed by atoms with van der Waals surface area (Å²) in [5.41, 5.74) is 0. The molecule has 1 saturated heterocycles. The van der Waals surface area contributed by atoms with Crippen molar-refractivity contribution >= 4 is 15.7 Å². The molecule has 1 aliphatic carbocycles. The van der Waals surface area contributed by atoms with E-state index in [1.807, 2.05) is 11.9 Å². The number of carbonyl (C=O) groups is 1. The first-order valence-electron chi connectivity index (χ1n) is 7.51. The molecule has 2 fully saturated rings. The predicted molar refractivity (Wildman–Crippen MR) is 79.3 cm³/mol. The van der Waals surface area contributed by atoms with E-state index >= 15 is 0 Å². The van der Waals surface area contributed by atoms with E-state index in [9.17, 15) is 13.2 Å². The van der Waals surface area contributed by atoms with Crippen LogP contribution in [0.2, 0.25) is 0 Å². The standard InChI is InChI=1S/C14H26N2O3S/c1-15(7-8-20(2,18)19)10-12-9-14(17)16(11-12)13-5-3-4-6-13/h12-13H,3-11H2,1-2H3/t12-/m1/s1. The van der Waals surface area contributed by atoms with Crippen LogP contribution in [0.1, 0.15) is 32.1 Å². The van der Waals surface area contributed by atoms with E-state index < -0.39 is 9.84 Å². The molecule has 1 saturated carbocycles. The molecule has 20 heavy (non-hydrogen) atoms. The molecule has 0 spiro atoms. The first-order valence-corrected chi connectivity index (χ1v) is 9.57. The zero-order chi connectivity index (χ0) is 14.8. The van der Waals surface area contributed by atoms with Crippen molar-refractivity contribution in [2.24, 2.45) is 5.92 Å². The molecule has 0 N–H and O–H groups in total. The van der Waals surface area contributed by atoms with Gasteiger partial charge in [-0.15, -0.1) is 0 Å². The van der Waals surface area contributed by atoms with Gasteiger partial charge < -0.3 is 9.80 Å². The monoisotopic (exact) mass is 302 g/mol. The van der Waals surface area contributed by atoms with E-state index in [0.717, 1.165) is 25.9 Å². The molecule has 1 amide bonds. The molecular formula is C14H26N2O3S. The smallest absolute Gasteiger partial charge is 0.223 e. The zero-order valence-electron chi connectivity index (χ0n) is 12.5. The molecule has 2 rings (SSSR count). The third kappa shape index (κ3) is 4.45. The third-order valence-electron chi connectivity index (χ3n) is 4.42. The Kier molecular flexibility index (Phi) is 5.07. The highest BCUT2D eigenvalue weighted by Crippen LogP contribution is 2.29. The fourth-order valence-corrected chi connectivity index (χ4v) is 4.00. The van der Waals surface area contributed by atoms with E-state index in [4.69, 9.17) is 0 Å². The van der Waals surface area contributed by atoms with Crippen LogP contribution < -0.4 is 0 Å². The molecule has 0 aromatic carbocycles. The zero-order valence-corrected chi connectivity index (χ0v) is 13.4. The van der Waals surface area contributed by atoms with E-state index in [-0.39, 0.29) is 5.75 Å². The lowest BCUT2D eigenvalue weighted by Gasteiger charge is -2.25. The second-order valence-electron chi connectivity index (χ2n) is 6.45. The Morgan fingerprint density at radius 3 is 2.55 bits per heavy atom. The molecule has 5 nitrogen and oxygen atoms in total. The van der Waals surface area contributed by atoms with E-state index in [2.05, 4.69) is 4.90 Å². The van der Waals surface area contributed by atoms with Gasteiger partial charge in [0.1, 0.15) is 9.84 Å². The van der Waals surface area contributed by atoms with Crippen LogP contribution in [-0.4, -0.2) is 68.9 Å². The summed E-state index contributed by atoms with van der Waals surface area (Å²) >= 11 is 0. The van der Waals surface area contributed by atoms with Gasteiger partial charge in [0.25, 0.3) is 0 Å². The van der Waals surface area contributed by atoms with Gasteiger partial charge in [-0.05, 0) is 25.8 Å². The van der Waals surface area contributed by atoms with Gasteiger partial charge in [0.2, 0.25) is 5.91 Å². The largest absolute Gasteiger partial charge is 0.339 e. The summed E-state index contributed by atoms with van der Waals surface area (Å²) in [4.78, 5) is 16.2. The lowest BCUT2D eigenvalue weighted by Crippen LogP contribution is -2.36. The van der Waals surface area contributed by atoms with Crippen molar-refractivity contribution in [1.29, 1.82) is 0 Å². The van der Waals surface area contributed by atoms with Gasteiger partial charge in [-0.1, -0.05) is 12.8 Å². The summed E-state index contributed by atoms with van der Waals surface area (Å²) in [5.74, 6) is 0.835. The van der Waals surface area contributed by atoms with E-state index in [1.54, 1.807) is 0 Å². The van der Waals surface area contributed by atoms with Crippen LogP contribution in [0.3, 0.4) is 0 Å². The molecule has 0 bridgehead atoms. The van der Waals surface area contributed by atoms with Crippen LogP contribution in [0.15, 0.2) is 0 Å². The molecular weight excluding hydrogens is 276 g/mol. The van der Waals surface area contributed by atoms with Crippen LogP contribution in [0.4, 0.5) is 0 Å². The highest BCUT2D eigenvalue weighted by molar-refractivity contribution is 7.90. The summed E-state index contributed by atoms with van der Waals surface area (Å²) in [7, 11) is -0.968. The maximum atomic E-state index is 12.1. The molecule has 0 aromatic heterocycles. The normalized spacial score (nSPS) is 25.1. The van der Waals surface area contributed by atoms with Crippen LogP contribution in [0.5, 0.6) is 0 Å². The average molecular weight is 302 g/mol. The Morgan fingerprint density at radius 1 is 1.30 bits per heavy atom. The first-order chi connectivity index (χ1) is 9.35. The van der Waals surface area contributed by atoms with E-state index in [0.29, 0.717) is 30.8 Å². The third-order valence-corrected chi connectivity index (χ3v) is 5.34. The van der Waals surface area contributed by atoms with Crippen LogP contribution >= 0.6 is 0 Å². The lowest BCUT2D eigenvalue weighted by molar-refractivity contribution is -0.129. The average Bonchev–Trinajstić information content (AvgIpc) is 2.95. The number of amides is 1. The molecule has 0 radical (unpaired) electrons. The second-order valence-corrected chi connectivity index (χ2v) is 8.71. The maximum absolute atomic E-state index is 12.1. The Bertz CT molecular complexity index is 443. The van der Waals surface area contributed by atoms with Crippen molar-refractivity contribution in [2.75, 3.05) is 38.7 Å². The maximum Gasteiger partial charge on any atom is 0.223 e. The molecule has 2 aliphatic rings. The van der Waals surface area contributed by atoms with Crippen LogP contribution in [-0.2, 0) is 14.6 Å². The van der Waals surface area contributed by atoms with Crippen molar-refractivity contribution in [1.82, 2.24) is 9.80 Å². The van der Waals surface area contributed by atoms with Gasteiger partial charge in [-0.3, -0.25) is 4.79 Å². The minimum absolute atomic E-state index is 0.191. The van der Waals surface area contributed by atoms with Crippen molar-refractivity contribution in [3.63, 3.8) is 0 Å². The van der Waals surface area contributed by atoms with E-state index in [1.165, 1.54) is 19.1 Å². The molecule has 6 heteroatoms. The van der Waals surface area contributed by atoms with Gasteiger partial charge in [0.05, 0.1) is 5.75 Å². The fourth-order valence-electron chi connectivity index (χ4n) is 3.35. The highest BCUT2D eigenvalue weighted by Gasteiger charge is 2.35. The Balaban J connectivity index is 1.78. The summed E-state index contributed by atoms with van der Waals surface area (Å²) in [5, 5.41) is 0. The van der Waals surface area contributed by atoms with Crippen LogP contribution in [0.25, 0.3) is 0 Å². The van der Waals surface area contributed by atoms with Gasteiger partial charge in [-0.2, -0.15) is 0 Å². The highest BCUT2D eigenvalue weighted by atomic mass is 32.2. The number of likely N-dealkylation sites (tertiary alicyclic amines) is 1. The molecule has 1 atom stereocenters. The van der Waals surface area contributed by atoms with Gasteiger partial charge >= 0.3 is 0 Å². The summed E-state index contributed by atoms with van der Waals surface area (Å²) in [6, 6.07) is 0.467. The Labute approximate surface area is 122 Å². The quantitative estimate of drug-likeness (QED) is 0.727. The second kappa shape index (κ2) is 6.43. The number of hydrogen-bond acceptors (Lipinski definition) is 4. The summed E-state index contributed by atoms with van der Waals surface area (Å²) in [6.07, 6.45) is 6.69. The SMILES string of the molecule is CN(CCS(C)(=O)=O)C[C@H]1CC(=O)N(C2CCCC2)C1. The summed E-state index contributed by atoms with van der Waals surface area (Å²) < 4.78 is 22.3. The van der Waals surface area contributed by atoms with Gasteiger partial charge in [0, 0.05) is 38.4 Å². The Morgan fingerprint density at radius 2 is 1.95 bits per heavy atom. The number of hydrogen-bond donors (Lipinski definition) is 0. The Hall–Kier alpha value is -0.620. The van der Waals surface area contributed by atoms with Crippen molar-refractivity contribution in [3.8, 4) is 0 Å². The minimum Gasteiger partial charge on any atom is -0.339 e. The van der Waals surface area contributed by atoms with Crippen molar-refractivity contribution in [3.05, 3.63) is 0 Å². The lowest BCUT2D eigenvalue weighted by atomic mass is 10.1. The molecule has 116 valence electrons. The number of sulfone groups is 1. The molecule has 0 aromatic rings. The van der Waals surface area contributed by atoms with Crippen molar-refractivity contribution in [2.45, 2.75) is 38.1 Å². The summed E-state index contributed by atoms with van der Waals surface area (Å²) in [6.45, 7) is 2.21. The van der Waals surface area contributed by atoms with Crippen molar-refractivity contribution < 1.29 is 13.2 Å². The van der Waals surface area contributed by atoms with Gasteiger partial charge in [0.15, 0.2) is 0 Å².